The van der Waals surface area contributed by atoms with Gasteiger partial charge in [0, 0.05) is 22.9 Å². The summed E-state index contributed by atoms with van der Waals surface area (Å²) >= 11 is 0. The average molecular weight is 609 g/mol. The molecule has 7 nitrogen and oxygen atoms in total. The summed E-state index contributed by atoms with van der Waals surface area (Å²) in [5.41, 5.74) is 7.38. The molecule has 0 aliphatic carbocycles. The first-order valence-electron chi connectivity index (χ1n) is 14.9. The fraction of sp³-hybridized carbons (Fsp3) is 0.263. The smallest absolute Gasteiger partial charge is 0.162 e. The molecule has 3 aromatic rings. The monoisotopic (exact) mass is 608 g/mol. The van der Waals surface area contributed by atoms with Gasteiger partial charge in [0.05, 0.1) is 34.1 Å². The van der Waals surface area contributed by atoms with Crippen LogP contribution in [0.4, 0.5) is 5.69 Å². The molecule has 0 aromatic heterocycles. The van der Waals surface area contributed by atoms with E-state index in [2.05, 4.69) is 43.6 Å². The summed E-state index contributed by atoms with van der Waals surface area (Å²) in [5.74, 6) is 3.10. The van der Waals surface area contributed by atoms with E-state index in [0.717, 1.165) is 65.4 Å². The first-order valence-corrected chi connectivity index (χ1v) is 14.9. The van der Waals surface area contributed by atoms with Crippen molar-refractivity contribution in [2.24, 2.45) is 4.99 Å². The van der Waals surface area contributed by atoms with Crippen molar-refractivity contribution < 1.29 is 23.7 Å². The minimum Gasteiger partial charge on any atom is -0.493 e. The van der Waals surface area contributed by atoms with Gasteiger partial charge in [0.1, 0.15) is 12.1 Å². The van der Waals surface area contributed by atoms with E-state index >= 15 is 0 Å². The fourth-order valence-electron chi connectivity index (χ4n) is 4.72. The lowest BCUT2D eigenvalue weighted by Gasteiger charge is -2.18. The van der Waals surface area contributed by atoms with Crippen molar-refractivity contribution in [2.75, 3.05) is 28.4 Å². The third-order valence-corrected chi connectivity index (χ3v) is 7.38. The van der Waals surface area contributed by atoms with Crippen LogP contribution < -0.4 is 24.3 Å². The van der Waals surface area contributed by atoms with Gasteiger partial charge in [-0.1, -0.05) is 56.9 Å². The van der Waals surface area contributed by atoms with Crippen LogP contribution >= 0.6 is 0 Å². The zero-order chi connectivity index (χ0) is 32.8. The molecule has 45 heavy (non-hydrogen) atoms. The van der Waals surface area contributed by atoms with Crippen LogP contribution in [0.15, 0.2) is 102 Å². The van der Waals surface area contributed by atoms with Gasteiger partial charge < -0.3 is 24.3 Å². The lowest BCUT2D eigenvalue weighted by Crippen LogP contribution is -2.24. The maximum Gasteiger partial charge on any atom is 0.162 e. The lowest BCUT2D eigenvalue weighted by molar-refractivity contribution is -0.104. The minimum absolute atomic E-state index is 0.585. The molecule has 0 aliphatic rings. The Hall–Kier alpha value is -5.04. The molecule has 0 amide bonds. The Balaban J connectivity index is 2.03. The Kier molecular flexibility index (Phi) is 13.2. The van der Waals surface area contributed by atoms with E-state index in [-0.39, 0.29) is 0 Å². The van der Waals surface area contributed by atoms with Crippen LogP contribution in [0.1, 0.15) is 48.9 Å². The molecule has 3 aromatic carbocycles. The summed E-state index contributed by atoms with van der Waals surface area (Å²) in [7, 11) is 6.42. The number of aliphatic imine (C=N–C) groups is 1. The quantitative estimate of drug-likeness (QED) is 0.0581. The van der Waals surface area contributed by atoms with Crippen LogP contribution in [0.2, 0.25) is 0 Å². The molecular weight excluding hydrogens is 564 g/mol. The van der Waals surface area contributed by atoms with Crippen molar-refractivity contribution in [3.05, 3.63) is 119 Å². The first kappa shape index (κ1) is 34.5. The first-order chi connectivity index (χ1) is 21.8. The predicted molar refractivity (Wildman–Crippen MR) is 184 cm³/mol. The third kappa shape index (κ3) is 9.47. The zero-order valence-corrected chi connectivity index (χ0v) is 27.2. The van der Waals surface area contributed by atoms with Gasteiger partial charge in [0.25, 0.3) is 0 Å². The summed E-state index contributed by atoms with van der Waals surface area (Å²) in [6.07, 6.45) is 9.50. The maximum absolute atomic E-state index is 10.9. The Bertz CT molecular complexity index is 1600. The van der Waals surface area contributed by atoms with Crippen molar-refractivity contribution in [1.29, 1.82) is 0 Å². The van der Waals surface area contributed by atoms with Gasteiger partial charge in [-0.15, -0.1) is 0 Å². The van der Waals surface area contributed by atoms with Gasteiger partial charge in [0.15, 0.2) is 23.0 Å². The number of allylic oxidation sites excluding steroid dienone is 5. The van der Waals surface area contributed by atoms with Crippen LogP contribution in [0.3, 0.4) is 0 Å². The van der Waals surface area contributed by atoms with Crippen LogP contribution in [0.25, 0.3) is 5.70 Å². The molecular formula is C38H44N2O5. The summed E-state index contributed by atoms with van der Waals surface area (Å²) in [6.45, 7) is 12.7. The number of aryl methyl sites for hydroxylation is 2. The average Bonchev–Trinajstić information content (AvgIpc) is 3.08. The Morgan fingerprint density at radius 1 is 0.822 bits per heavy atom. The highest BCUT2D eigenvalue weighted by atomic mass is 16.5. The van der Waals surface area contributed by atoms with E-state index < -0.39 is 0 Å². The molecule has 0 fully saturated rings. The van der Waals surface area contributed by atoms with E-state index in [9.17, 15) is 4.79 Å². The highest BCUT2D eigenvalue weighted by Gasteiger charge is 2.15. The molecule has 0 radical (unpaired) electrons. The number of hydrogen-bond acceptors (Lipinski definition) is 6. The van der Waals surface area contributed by atoms with Gasteiger partial charge in [0.2, 0.25) is 0 Å². The second kappa shape index (κ2) is 17.3. The lowest BCUT2D eigenvalue weighted by atomic mass is 9.97. The molecule has 1 N–H and O–H groups in total. The molecule has 0 heterocycles. The summed E-state index contributed by atoms with van der Waals surface area (Å²) in [4.78, 5) is 15.9. The molecule has 0 saturated carbocycles. The van der Waals surface area contributed by atoms with Crippen LogP contribution in [0, 0.1) is 0 Å². The van der Waals surface area contributed by atoms with E-state index in [1.165, 1.54) is 0 Å². The number of aldehydes is 1. The molecule has 0 atom stereocenters. The summed E-state index contributed by atoms with van der Waals surface area (Å²) < 4.78 is 21.9. The van der Waals surface area contributed by atoms with Crippen molar-refractivity contribution in [3.8, 4) is 23.0 Å². The summed E-state index contributed by atoms with van der Waals surface area (Å²) in [6, 6.07) is 17.7. The topological polar surface area (TPSA) is 78.4 Å². The van der Waals surface area contributed by atoms with Crippen molar-refractivity contribution >= 4 is 23.5 Å². The molecule has 0 aliphatic heterocycles. The number of ether oxygens (including phenoxy) is 4. The highest BCUT2D eigenvalue weighted by Crippen LogP contribution is 2.33. The Morgan fingerprint density at radius 2 is 1.49 bits per heavy atom. The predicted octanol–water partition coefficient (Wildman–Crippen LogP) is 8.20. The molecule has 0 saturated heterocycles. The molecule has 0 bridgehead atoms. The van der Waals surface area contributed by atoms with Gasteiger partial charge in [-0.3, -0.25) is 4.79 Å². The van der Waals surface area contributed by atoms with Crippen LogP contribution in [-0.4, -0.2) is 40.6 Å². The largest absolute Gasteiger partial charge is 0.493 e. The van der Waals surface area contributed by atoms with E-state index in [0.29, 0.717) is 40.2 Å². The second-order valence-electron chi connectivity index (χ2n) is 10.2. The number of nitrogens with zero attached hydrogens (tertiary/aromatic N) is 1. The normalized spacial score (nSPS) is 11.7. The number of nitrogens with one attached hydrogen (secondary N) is 1. The highest BCUT2D eigenvalue weighted by molar-refractivity contribution is 6.05. The Morgan fingerprint density at radius 3 is 2.11 bits per heavy atom. The van der Waals surface area contributed by atoms with Gasteiger partial charge in [-0.2, -0.15) is 0 Å². The van der Waals surface area contributed by atoms with Crippen LogP contribution in [0.5, 0.6) is 23.0 Å². The molecule has 7 heteroatoms. The number of carbonyl (C=O) groups excluding carboxylic acids is 1. The number of hydrogen-bond donors (Lipinski definition) is 1. The molecule has 0 unspecified atom stereocenters. The number of benzene rings is 3. The fourth-order valence-corrected chi connectivity index (χ4v) is 4.72. The summed E-state index contributed by atoms with van der Waals surface area (Å²) in [5, 5.41) is 3.49. The molecule has 236 valence electrons. The minimum atomic E-state index is 0.585. The van der Waals surface area contributed by atoms with Gasteiger partial charge in [-0.05, 0) is 84.9 Å². The van der Waals surface area contributed by atoms with Crippen molar-refractivity contribution in [3.63, 3.8) is 0 Å². The standard InChI is InChI=1S/C38H44N2O5/c1-9-28(21-22-41)13-11-26(3)12-14-29-15-16-30(10-2)33(23-29)38(40-32-18-20-35(43-6)37(25-32)45-8)39-27(4)31-17-19-34(42-5)36(24-31)44-7/h11,13,15-25H,3-4,9-10,12,14H2,1-2,5-8H3,(H,39,40)/b13-11-,28-21+. The van der Waals surface area contributed by atoms with Crippen molar-refractivity contribution in [2.45, 2.75) is 39.5 Å². The molecule has 0 spiro atoms. The number of amidine groups is 1. The number of methoxy groups -OCH3 is 4. The SMILES string of the molecule is C=C(/C=C\C(=C\C=O)CC)CCc1ccc(CC)c(/C(=N/c2ccc(OC)c(OC)c2)NC(=C)c2ccc(OC)c(OC)c2)c1. The molecule has 3 rings (SSSR count). The third-order valence-electron chi connectivity index (χ3n) is 7.38. The van der Waals surface area contributed by atoms with Crippen molar-refractivity contribution in [1.82, 2.24) is 5.32 Å². The zero-order valence-electron chi connectivity index (χ0n) is 27.2. The number of rotatable bonds is 16. The van der Waals surface area contributed by atoms with E-state index in [1.807, 2.05) is 55.5 Å². The van der Waals surface area contributed by atoms with Gasteiger partial charge >= 0.3 is 0 Å². The second-order valence-corrected chi connectivity index (χ2v) is 10.2. The van der Waals surface area contributed by atoms with Gasteiger partial charge in [-0.25, -0.2) is 4.99 Å². The van der Waals surface area contributed by atoms with Crippen LogP contribution in [-0.2, 0) is 17.6 Å². The maximum atomic E-state index is 10.9. The van der Waals surface area contributed by atoms with E-state index in [4.69, 9.17) is 23.9 Å². The Labute approximate surface area is 267 Å². The number of carbonyl (C=O) groups is 1. The van der Waals surface area contributed by atoms with E-state index in [1.54, 1.807) is 34.5 Å².